The zero-order valence-corrected chi connectivity index (χ0v) is 20.0. The van der Waals surface area contributed by atoms with Gasteiger partial charge < -0.3 is 5.32 Å². The summed E-state index contributed by atoms with van der Waals surface area (Å²) in [7, 11) is -3.92. The Morgan fingerprint density at radius 3 is 2.24 bits per heavy atom. The molecule has 34 heavy (non-hydrogen) atoms. The first-order valence-corrected chi connectivity index (χ1v) is 12.8. The number of carbonyl (C=O) groups is 1. The van der Waals surface area contributed by atoms with Crippen LogP contribution in [0.4, 0.5) is 5.69 Å². The van der Waals surface area contributed by atoms with E-state index in [0.29, 0.717) is 17.1 Å². The van der Waals surface area contributed by atoms with Gasteiger partial charge in [0.2, 0.25) is 15.9 Å². The summed E-state index contributed by atoms with van der Waals surface area (Å²) in [4.78, 5) is 12.9. The van der Waals surface area contributed by atoms with Crippen molar-refractivity contribution in [2.75, 3.05) is 18.4 Å². The Bertz CT molecular complexity index is 1300. The van der Waals surface area contributed by atoms with Crippen molar-refractivity contribution in [3.8, 4) is 6.07 Å². The lowest BCUT2D eigenvalue weighted by atomic mass is 9.98. The van der Waals surface area contributed by atoms with Crippen molar-refractivity contribution in [1.82, 2.24) is 4.31 Å². The van der Waals surface area contributed by atoms with Crippen molar-refractivity contribution < 1.29 is 13.2 Å². The largest absolute Gasteiger partial charge is 0.325 e. The zero-order valence-electron chi connectivity index (χ0n) is 18.4. The van der Waals surface area contributed by atoms with Crippen molar-refractivity contribution >= 4 is 33.2 Å². The van der Waals surface area contributed by atoms with Gasteiger partial charge in [-0.2, -0.15) is 9.57 Å². The fourth-order valence-electron chi connectivity index (χ4n) is 3.76. The molecule has 0 spiro atoms. The number of nitrogens with zero attached hydrogens (tertiary/aromatic N) is 2. The van der Waals surface area contributed by atoms with Gasteiger partial charge in [-0.05, 0) is 66.8 Å². The lowest BCUT2D eigenvalue weighted by Gasteiger charge is -2.22. The van der Waals surface area contributed by atoms with Gasteiger partial charge in [0.1, 0.15) is 0 Å². The number of halogens is 1. The van der Waals surface area contributed by atoms with Crippen LogP contribution in [0.3, 0.4) is 0 Å². The summed E-state index contributed by atoms with van der Waals surface area (Å²) in [5.74, 6) is -0.445. The molecule has 1 aliphatic rings. The lowest BCUT2D eigenvalue weighted by Crippen LogP contribution is -2.39. The molecule has 3 aromatic carbocycles. The summed E-state index contributed by atoms with van der Waals surface area (Å²) < 4.78 is 27.8. The minimum absolute atomic E-state index is 0.0772. The summed E-state index contributed by atoms with van der Waals surface area (Å²) in [6.07, 6.45) is 2.15. The molecular weight excluding hydrogens is 470 g/mol. The Hall–Kier alpha value is -3.18. The molecule has 174 valence electrons. The summed E-state index contributed by atoms with van der Waals surface area (Å²) >= 11 is 5.92. The molecule has 0 bridgehead atoms. The van der Waals surface area contributed by atoms with Gasteiger partial charge >= 0.3 is 0 Å². The minimum atomic E-state index is -3.92. The van der Waals surface area contributed by atoms with Crippen LogP contribution in [0.2, 0.25) is 5.02 Å². The summed E-state index contributed by atoms with van der Waals surface area (Å²) in [6.45, 7) is -0.187. The van der Waals surface area contributed by atoms with E-state index in [0.717, 1.165) is 24.0 Å². The van der Waals surface area contributed by atoms with Crippen LogP contribution in [-0.4, -0.2) is 31.7 Å². The molecule has 1 aliphatic carbocycles. The van der Waals surface area contributed by atoms with Crippen LogP contribution in [0.15, 0.2) is 83.8 Å². The van der Waals surface area contributed by atoms with E-state index in [2.05, 4.69) is 11.4 Å². The van der Waals surface area contributed by atoms with Gasteiger partial charge in [0.25, 0.3) is 0 Å². The molecule has 8 heteroatoms. The Labute approximate surface area is 204 Å². The third-order valence-electron chi connectivity index (χ3n) is 5.95. The maximum absolute atomic E-state index is 13.3. The predicted octanol–water partition coefficient (Wildman–Crippen LogP) is 4.77. The number of hydrogen-bond donors (Lipinski definition) is 1. The van der Waals surface area contributed by atoms with Crippen molar-refractivity contribution in [3.63, 3.8) is 0 Å². The molecule has 1 amide bonds. The monoisotopic (exact) mass is 493 g/mol. The second kappa shape index (κ2) is 9.98. The van der Waals surface area contributed by atoms with Crippen LogP contribution in [0, 0.1) is 11.3 Å². The van der Waals surface area contributed by atoms with Gasteiger partial charge in [0.05, 0.1) is 22.9 Å². The lowest BCUT2D eigenvalue weighted by molar-refractivity contribution is -0.116. The van der Waals surface area contributed by atoms with Crippen molar-refractivity contribution in [2.45, 2.75) is 29.6 Å². The highest BCUT2D eigenvalue weighted by molar-refractivity contribution is 7.89. The van der Waals surface area contributed by atoms with Crippen molar-refractivity contribution in [3.05, 3.63) is 95.0 Å². The van der Waals surface area contributed by atoms with Gasteiger partial charge in [-0.15, -0.1) is 0 Å². The highest BCUT2D eigenvalue weighted by Gasteiger charge is 2.44. The molecule has 4 rings (SSSR count). The first-order valence-electron chi connectivity index (χ1n) is 10.9. The molecule has 0 unspecified atom stereocenters. The molecular formula is C26H24ClN3O3S. The predicted molar refractivity (Wildman–Crippen MR) is 132 cm³/mol. The Kier molecular flexibility index (Phi) is 7.03. The molecule has 1 fully saturated rings. The molecule has 1 N–H and O–H groups in total. The topological polar surface area (TPSA) is 90.3 Å². The standard InChI is InChI=1S/C26H24ClN3O3S/c27-22-8-12-24(13-9-22)34(32,33)30(17-14-20-4-2-1-3-5-20)18-25(31)29-23-10-6-21(7-11-23)26(19-28)15-16-26/h1-13H,14-18H2,(H,29,31). The molecule has 0 heterocycles. The fourth-order valence-corrected chi connectivity index (χ4v) is 5.28. The van der Waals surface area contributed by atoms with Crippen molar-refractivity contribution in [2.24, 2.45) is 0 Å². The minimum Gasteiger partial charge on any atom is -0.325 e. The van der Waals surface area contributed by atoms with Gasteiger partial charge in [-0.25, -0.2) is 8.42 Å². The van der Waals surface area contributed by atoms with Gasteiger partial charge in [-0.3, -0.25) is 4.79 Å². The van der Waals surface area contributed by atoms with E-state index in [-0.39, 0.29) is 18.0 Å². The number of sulfonamides is 1. The molecule has 6 nitrogen and oxygen atoms in total. The highest BCUT2D eigenvalue weighted by Crippen LogP contribution is 2.47. The third kappa shape index (κ3) is 5.48. The van der Waals surface area contributed by atoms with Gasteiger partial charge in [0, 0.05) is 17.3 Å². The van der Waals surface area contributed by atoms with Crippen LogP contribution in [0.1, 0.15) is 24.0 Å². The number of benzene rings is 3. The maximum Gasteiger partial charge on any atom is 0.243 e. The molecule has 0 aromatic heterocycles. The van der Waals surface area contributed by atoms with E-state index in [9.17, 15) is 18.5 Å². The summed E-state index contributed by atoms with van der Waals surface area (Å²) in [5, 5.41) is 12.6. The smallest absolute Gasteiger partial charge is 0.243 e. The fraction of sp³-hybridized carbons (Fsp3) is 0.231. The molecule has 0 radical (unpaired) electrons. The van der Waals surface area contributed by atoms with E-state index >= 15 is 0 Å². The number of nitrogens with one attached hydrogen (secondary N) is 1. The van der Waals surface area contributed by atoms with Crippen LogP contribution >= 0.6 is 11.6 Å². The van der Waals surface area contributed by atoms with Crippen molar-refractivity contribution in [1.29, 1.82) is 5.26 Å². The summed E-state index contributed by atoms with van der Waals surface area (Å²) in [6, 6.07) is 24.9. The molecule has 3 aromatic rings. The number of carbonyl (C=O) groups excluding carboxylic acids is 1. The maximum atomic E-state index is 13.3. The highest BCUT2D eigenvalue weighted by atomic mass is 35.5. The molecule has 0 atom stereocenters. The number of nitriles is 1. The van der Waals surface area contributed by atoms with E-state index in [4.69, 9.17) is 11.6 Å². The number of rotatable bonds is 9. The molecule has 0 aliphatic heterocycles. The number of anilines is 1. The average Bonchev–Trinajstić information content (AvgIpc) is 3.64. The third-order valence-corrected chi connectivity index (χ3v) is 8.06. The Balaban J connectivity index is 1.49. The van der Waals surface area contributed by atoms with E-state index in [1.54, 1.807) is 12.1 Å². The van der Waals surface area contributed by atoms with Gasteiger partial charge in [-0.1, -0.05) is 54.1 Å². The van der Waals surface area contributed by atoms with E-state index < -0.39 is 21.3 Å². The van der Waals surface area contributed by atoms with Crippen LogP contribution in [0.5, 0.6) is 0 Å². The SMILES string of the molecule is N#CC1(c2ccc(NC(=O)CN(CCc3ccccc3)S(=O)(=O)c3ccc(Cl)cc3)cc2)CC1. The van der Waals surface area contributed by atoms with Crippen LogP contribution < -0.4 is 5.32 Å². The second-order valence-corrected chi connectivity index (χ2v) is 10.7. The number of amides is 1. The van der Waals surface area contributed by atoms with Crippen LogP contribution in [0.25, 0.3) is 0 Å². The quantitative estimate of drug-likeness (QED) is 0.465. The van der Waals surface area contributed by atoms with E-state index in [1.165, 1.54) is 28.6 Å². The first-order chi connectivity index (χ1) is 16.3. The zero-order chi connectivity index (χ0) is 24.2. The molecule has 0 saturated heterocycles. The normalized spacial score (nSPS) is 14.4. The Morgan fingerprint density at radius 2 is 1.65 bits per heavy atom. The average molecular weight is 494 g/mol. The van der Waals surface area contributed by atoms with E-state index in [1.807, 2.05) is 42.5 Å². The second-order valence-electron chi connectivity index (χ2n) is 8.35. The molecule has 1 saturated carbocycles. The number of hydrogen-bond acceptors (Lipinski definition) is 4. The van der Waals surface area contributed by atoms with Crippen LogP contribution in [-0.2, 0) is 26.7 Å². The Morgan fingerprint density at radius 1 is 1.00 bits per heavy atom. The summed E-state index contributed by atoms with van der Waals surface area (Å²) in [5.41, 5.74) is 2.06. The van der Waals surface area contributed by atoms with Gasteiger partial charge in [0.15, 0.2) is 0 Å². The first kappa shape index (κ1) is 24.0.